The van der Waals surface area contributed by atoms with Crippen LogP contribution in [0.2, 0.25) is 0 Å². The van der Waals surface area contributed by atoms with E-state index in [1.54, 1.807) is 26.4 Å². The van der Waals surface area contributed by atoms with Crippen molar-refractivity contribution in [3.05, 3.63) is 59.2 Å². The Balaban J connectivity index is 0.00000544. The van der Waals surface area contributed by atoms with Gasteiger partial charge in [-0.05, 0) is 64.4 Å². The van der Waals surface area contributed by atoms with Gasteiger partial charge < -0.3 is 19.1 Å². The van der Waals surface area contributed by atoms with Gasteiger partial charge in [-0.3, -0.25) is 9.59 Å². The number of methoxy groups -OCH3 is 2. The van der Waals surface area contributed by atoms with E-state index < -0.39 is 5.41 Å². The number of rotatable bonds is 13. The molecule has 183 valence electrons. The van der Waals surface area contributed by atoms with Crippen molar-refractivity contribution in [2.75, 3.05) is 41.0 Å². The summed E-state index contributed by atoms with van der Waals surface area (Å²) in [6.45, 7) is 5.79. The fourth-order valence-corrected chi connectivity index (χ4v) is 3.70. The van der Waals surface area contributed by atoms with Gasteiger partial charge in [0.1, 0.15) is 5.75 Å². The van der Waals surface area contributed by atoms with Crippen molar-refractivity contribution in [2.24, 2.45) is 0 Å². The molecule has 1 radical (unpaired) electrons. The molecule has 0 saturated carbocycles. The summed E-state index contributed by atoms with van der Waals surface area (Å²) in [5, 5.41) is 0. The molecule has 2 aromatic carbocycles. The predicted octanol–water partition coefficient (Wildman–Crippen LogP) is 4.09. The van der Waals surface area contributed by atoms with Crippen molar-refractivity contribution < 1.29 is 40.6 Å². The van der Waals surface area contributed by atoms with Gasteiger partial charge in [0.2, 0.25) is 0 Å². The summed E-state index contributed by atoms with van der Waals surface area (Å²) in [6, 6.07) is 14.2. The molecule has 0 aliphatic heterocycles. The van der Waals surface area contributed by atoms with Crippen LogP contribution in [0.5, 0.6) is 11.5 Å². The number of hydrogen-bond donors (Lipinski definition) is 0. The van der Waals surface area contributed by atoms with Crippen molar-refractivity contribution >= 4 is 12.3 Å². The van der Waals surface area contributed by atoms with Crippen LogP contribution in [0.1, 0.15) is 48.2 Å². The van der Waals surface area contributed by atoms with Crippen molar-refractivity contribution in [1.29, 1.82) is 0 Å². The molecule has 0 aliphatic carbocycles. The van der Waals surface area contributed by atoms with Crippen LogP contribution in [0.4, 0.5) is 0 Å². The number of nitrogens with zero attached hydrogens (tertiary/aromatic N) is 1. The average molecular weight is 499 g/mol. The molecule has 2 aromatic rings. The quantitative estimate of drug-likeness (QED) is 0.235. The summed E-state index contributed by atoms with van der Waals surface area (Å²) in [4.78, 5) is 26.1. The van der Waals surface area contributed by atoms with Crippen LogP contribution in [0.15, 0.2) is 36.4 Å². The van der Waals surface area contributed by atoms with Gasteiger partial charge in [0.15, 0.2) is 6.29 Å². The molecule has 0 aliphatic rings. The van der Waals surface area contributed by atoms with E-state index in [4.69, 9.17) is 14.2 Å². The minimum absolute atomic E-state index is 0. The van der Waals surface area contributed by atoms with E-state index >= 15 is 0 Å². The molecule has 7 heteroatoms. The SMILES string of the molecule is CCOC(=O)C(C)(CCCN(C)CCc1ccc(C=O)c(OC)c1)c1cc[c-]c(OC)c1.[Co]. The van der Waals surface area contributed by atoms with Crippen LogP contribution in [-0.2, 0) is 38.1 Å². The monoisotopic (exact) mass is 499 g/mol. The van der Waals surface area contributed by atoms with Gasteiger partial charge in [0, 0.05) is 29.1 Å². The second-order valence-electron chi connectivity index (χ2n) is 8.05. The average Bonchev–Trinajstić information content (AvgIpc) is 2.82. The number of ether oxygens (including phenoxy) is 3. The summed E-state index contributed by atoms with van der Waals surface area (Å²) < 4.78 is 16.0. The molecule has 0 N–H and O–H groups in total. The van der Waals surface area contributed by atoms with Crippen LogP contribution >= 0.6 is 0 Å². The zero-order valence-electron chi connectivity index (χ0n) is 20.1. The van der Waals surface area contributed by atoms with Gasteiger partial charge in [-0.1, -0.05) is 6.07 Å². The summed E-state index contributed by atoms with van der Waals surface area (Å²) in [5.74, 6) is 0.977. The number of likely N-dealkylation sites (N-methyl/N-ethyl adjacent to an activating group) is 1. The number of carbonyl (C=O) groups is 2. The summed E-state index contributed by atoms with van der Waals surface area (Å²) in [7, 11) is 5.23. The Bertz CT molecular complexity index is 904. The third-order valence-corrected chi connectivity index (χ3v) is 5.78. The van der Waals surface area contributed by atoms with Crippen molar-refractivity contribution in [3.63, 3.8) is 0 Å². The second kappa shape index (κ2) is 14.0. The normalized spacial score (nSPS) is 12.4. The van der Waals surface area contributed by atoms with Crippen LogP contribution < -0.4 is 9.47 Å². The van der Waals surface area contributed by atoms with Gasteiger partial charge >= 0.3 is 5.97 Å². The van der Waals surface area contributed by atoms with Crippen LogP contribution in [0.3, 0.4) is 0 Å². The number of carbonyl (C=O) groups excluding carboxylic acids is 2. The maximum absolute atomic E-state index is 12.8. The van der Waals surface area contributed by atoms with Gasteiger partial charge in [0.05, 0.1) is 31.8 Å². The molecule has 0 heterocycles. The van der Waals surface area contributed by atoms with Crippen molar-refractivity contribution in [1.82, 2.24) is 4.90 Å². The molecule has 33 heavy (non-hydrogen) atoms. The summed E-state index contributed by atoms with van der Waals surface area (Å²) in [6.07, 6.45) is 3.13. The van der Waals surface area contributed by atoms with Gasteiger partial charge in [-0.2, -0.15) is 12.1 Å². The van der Waals surface area contributed by atoms with Crippen LogP contribution in [-0.4, -0.2) is 58.1 Å². The maximum Gasteiger partial charge on any atom is 0.314 e. The Morgan fingerprint density at radius 1 is 1.15 bits per heavy atom. The number of hydrogen-bond acceptors (Lipinski definition) is 6. The summed E-state index contributed by atoms with van der Waals surface area (Å²) in [5.41, 5.74) is 1.79. The van der Waals surface area contributed by atoms with Gasteiger partial charge in [-0.15, -0.1) is 17.7 Å². The molecule has 1 atom stereocenters. The van der Waals surface area contributed by atoms with Crippen LogP contribution in [0.25, 0.3) is 0 Å². The Kier molecular flexibility index (Phi) is 12.2. The standard InChI is InChI=1S/C26H34NO5.Co/c1-6-32-25(29)26(2,22-9-7-10-23(18-22)30-4)14-8-15-27(3)16-13-20-11-12-21(19-28)24(17-20)31-5;/h7,9,11-12,17-19H,6,8,13-16H2,1-5H3;/q-1;. The molecule has 0 fully saturated rings. The fourth-order valence-electron chi connectivity index (χ4n) is 3.70. The zero-order valence-corrected chi connectivity index (χ0v) is 21.1. The molecule has 6 nitrogen and oxygen atoms in total. The van der Waals surface area contributed by atoms with E-state index in [0.29, 0.717) is 30.1 Å². The molecule has 0 amide bonds. The van der Waals surface area contributed by atoms with E-state index in [9.17, 15) is 9.59 Å². The van der Waals surface area contributed by atoms with Gasteiger partial charge in [-0.25, -0.2) is 0 Å². The molecule has 1 unspecified atom stereocenters. The fraction of sp³-hybridized carbons (Fsp3) is 0.462. The maximum atomic E-state index is 12.8. The molecule has 0 bridgehead atoms. The summed E-state index contributed by atoms with van der Waals surface area (Å²) >= 11 is 0. The minimum atomic E-state index is -0.753. The Morgan fingerprint density at radius 2 is 1.91 bits per heavy atom. The Morgan fingerprint density at radius 3 is 2.55 bits per heavy atom. The smallest absolute Gasteiger partial charge is 0.314 e. The van der Waals surface area contributed by atoms with Crippen molar-refractivity contribution in [2.45, 2.75) is 38.5 Å². The van der Waals surface area contributed by atoms with Gasteiger partial charge in [0.25, 0.3) is 0 Å². The molecular formula is C26H34CoNO5-. The van der Waals surface area contributed by atoms with E-state index in [2.05, 4.69) is 18.0 Å². The van der Waals surface area contributed by atoms with Crippen LogP contribution in [0, 0.1) is 6.07 Å². The van der Waals surface area contributed by atoms with E-state index in [0.717, 1.165) is 43.3 Å². The first kappa shape index (κ1) is 28.7. The largest absolute Gasteiger partial charge is 0.523 e. The Labute approximate surface area is 207 Å². The van der Waals surface area contributed by atoms with E-state index in [1.807, 2.05) is 38.1 Å². The minimum Gasteiger partial charge on any atom is -0.523 e. The molecule has 0 spiro atoms. The first-order chi connectivity index (χ1) is 15.4. The number of esters is 1. The number of benzene rings is 2. The number of aldehydes is 1. The van der Waals surface area contributed by atoms with E-state index in [1.165, 1.54) is 0 Å². The Hall–Kier alpha value is -2.35. The zero-order chi connectivity index (χ0) is 23.6. The topological polar surface area (TPSA) is 65.1 Å². The molecule has 2 rings (SSSR count). The second-order valence-corrected chi connectivity index (χ2v) is 8.05. The predicted molar refractivity (Wildman–Crippen MR) is 125 cm³/mol. The molecule has 0 saturated heterocycles. The first-order valence-electron chi connectivity index (χ1n) is 10.9. The third-order valence-electron chi connectivity index (χ3n) is 5.78. The molecule has 0 aromatic heterocycles. The first-order valence-corrected chi connectivity index (χ1v) is 10.9. The van der Waals surface area contributed by atoms with E-state index in [-0.39, 0.29) is 22.7 Å². The third kappa shape index (κ3) is 7.87. The molecular weight excluding hydrogens is 465 g/mol. The van der Waals surface area contributed by atoms with Crippen molar-refractivity contribution in [3.8, 4) is 11.5 Å².